The number of nitrogens with one attached hydrogen (secondary N) is 2. The molecule has 7 heteroatoms. The first kappa shape index (κ1) is 15.2. The van der Waals surface area contributed by atoms with E-state index in [0.717, 1.165) is 22.1 Å². The average molecular weight is 305 g/mol. The summed E-state index contributed by atoms with van der Waals surface area (Å²) < 4.78 is 0. The first-order valence-electron chi connectivity index (χ1n) is 6.59. The average Bonchev–Trinajstić information content (AvgIpc) is 2.89. The second kappa shape index (κ2) is 7.03. The third-order valence-electron chi connectivity index (χ3n) is 2.79. The molecule has 0 spiro atoms. The van der Waals surface area contributed by atoms with Crippen molar-refractivity contribution in [3.63, 3.8) is 0 Å². The third kappa shape index (κ3) is 4.71. The van der Waals surface area contributed by atoms with Gasteiger partial charge in [0, 0.05) is 37.9 Å². The maximum absolute atomic E-state index is 11.7. The predicted octanol–water partition coefficient (Wildman–Crippen LogP) is 1.91. The van der Waals surface area contributed by atoms with Crippen LogP contribution in [0.15, 0.2) is 23.7 Å². The number of aryl methyl sites for hydroxylation is 1. The number of hydrogen-bond donors (Lipinski definition) is 2. The molecule has 2 heterocycles. The Bertz CT molecular complexity index is 611. The van der Waals surface area contributed by atoms with Gasteiger partial charge in [-0.3, -0.25) is 0 Å². The lowest BCUT2D eigenvalue weighted by atomic mass is 10.2. The molecule has 112 valence electrons. The van der Waals surface area contributed by atoms with Crippen molar-refractivity contribution in [2.75, 3.05) is 19.0 Å². The van der Waals surface area contributed by atoms with Gasteiger partial charge in [0.25, 0.3) is 0 Å². The van der Waals surface area contributed by atoms with Crippen LogP contribution >= 0.6 is 11.3 Å². The molecule has 0 bridgehead atoms. The summed E-state index contributed by atoms with van der Waals surface area (Å²) in [5.74, 6) is 0.868. The lowest BCUT2D eigenvalue weighted by Crippen LogP contribution is -2.34. The molecule has 21 heavy (non-hydrogen) atoms. The number of carbonyl (C=O) groups is 1. The summed E-state index contributed by atoms with van der Waals surface area (Å²) in [4.78, 5) is 22.2. The lowest BCUT2D eigenvalue weighted by molar-refractivity contribution is 0.240. The Morgan fingerprint density at radius 3 is 2.76 bits per heavy atom. The molecule has 0 atom stereocenters. The molecule has 2 amide bonds. The topological polar surface area (TPSA) is 70.2 Å². The van der Waals surface area contributed by atoms with Gasteiger partial charge < -0.3 is 15.5 Å². The minimum atomic E-state index is -0.203. The number of aromatic nitrogens is 2. The maximum atomic E-state index is 11.7. The van der Waals surface area contributed by atoms with Crippen LogP contribution in [0.25, 0.3) is 0 Å². The van der Waals surface area contributed by atoms with Gasteiger partial charge in [0.15, 0.2) is 0 Å². The van der Waals surface area contributed by atoms with Gasteiger partial charge in [-0.25, -0.2) is 14.8 Å². The van der Waals surface area contributed by atoms with E-state index in [0.29, 0.717) is 13.1 Å². The molecule has 0 saturated heterocycles. The molecule has 0 aliphatic rings. The number of thiazole rings is 1. The van der Waals surface area contributed by atoms with Crippen molar-refractivity contribution in [2.45, 2.75) is 20.0 Å². The van der Waals surface area contributed by atoms with Crippen LogP contribution in [-0.4, -0.2) is 30.1 Å². The summed E-state index contributed by atoms with van der Waals surface area (Å²) in [6.07, 6.45) is 1.74. The summed E-state index contributed by atoms with van der Waals surface area (Å²) in [5, 5.41) is 8.49. The standard InChI is InChI=1S/C14H19N5OS/c1-10-9-21-13(18-10)8-17-14(20)16-7-11-4-5-15-12(6-11)19(2)3/h4-6,9H,7-8H2,1-3H3,(H2,16,17,20). The molecule has 0 aromatic carbocycles. The quantitative estimate of drug-likeness (QED) is 0.885. The number of anilines is 1. The Balaban J connectivity index is 1.79. The highest BCUT2D eigenvalue weighted by Gasteiger charge is 2.04. The fourth-order valence-electron chi connectivity index (χ4n) is 1.70. The van der Waals surface area contributed by atoms with Crippen LogP contribution in [0.5, 0.6) is 0 Å². The second-order valence-electron chi connectivity index (χ2n) is 4.84. The van der Waals surface area contributed by atoms with E-state index in [4.69, 9.17) is 0 Å². The molecule has 0 fully saturated rings. The van der Waals surface area contributed by atoms with Crippen LogP contribution in [0.2, 0.25) is 0 Å². The predicted molar refractivity (Wildman–Crippen MR) is 84.5 cm³/mol. The molecule has 6 nitrogen and oxygen atoms in total. The fourth-order valence-corrected chi connectivity index (χ4v) is 2.41. The minimum Gasteiger partial charge on any atom is -0.363 e. The van der Waals surface area contributed by atoms with Gasteiger partial charge in [-0.05, 0) is 24.6 Å². The number of hydrogen-bond acceptors (Lipinski definition) is 5. The third-order valence-corrected chi connectivity index (χ3v) is 3.75. The Hall–Kier alpha value is -2.15. The Kier molecular flexibility index (Phi) is 5.10. The van der Waals surface area contributed by atoms with Crippen LogP contribution in [0.1, 0.15) is 16.3 Å². The van der Waals surface area contributed by atoms with Crippen LogP contribution < -0.4 is 15.5 Å². The smallest absolute Gasteiger partial charge is 0.315 e. The highest BCUT2D eigenvalue weighted by Crippen LogP contribution is 2.09. The molecular formula is C14H19N5OS. The summed E-state index contributed by atoms with van der Waals surface area (Å²) in [5.41, 5.74) is 1.99. The van der Waals surface area contributed by atoms with E-state index in [1.807, 2.05) is 43.4 Å². The van der Waals surface area contributed by atoms with E-state index >= 15 is 0 Å². The van der Waals surface area contributed by atoms with E-state index in [1.165, 1.54) is 0 Å². The van der Waals surface area contributed by atoms with E-state index in [2.05, 4.69) is 20.6 Å². The van der Waals surface area contributed by atoms with Crippen molar-refractivity contribution >= 4 is 23.2 Å². The first-order chi connectivity index (χ1) is 10.0. The van der Waals surface area contributed by atoms with E-state index in [1.54, 1.807) is 17.5 Å². The van der Waals surface area contributed by atoms with E-state index in [-0.39, 0.29) is 6.03 Å². The van der Waals surface area contributed by atoms with Crippen molar-refractivity contribution in [3.05, 3.63) is 40.0 Å². The van der Waals surface area contributed by atoms with Crippen molar-refractivity contribution in [1.29, 1.82) is 0 Å². The van der Waals surface area contributed by atoms with Crippen molar-refractivity contribution in [1.82, 2.24) is 20.6 Å². The molecule has 0 unspecified atom stereocenters. The summed E-state index contributed by atoms with van der Waals surface area (Å²) in [7, 11) is 3.87. The second-order valence-corrected chi connectivity index (χ2v) is 5.78. The maximum Gasteiger partial charge on any atom is 0.315 e. The van der Waals surface area contributed by atoms with E-state index < -0.39 is 0 Å². The summed E-state index contributed by atoms with van der Waals surface area (Å²) in [6.45, 7) is 2.85. The number of pyridine rings is 1. The molecule has 0 aliphatic carbocycles. The number of urea groups is 1. The van der Waals surface area contributed by atoms with Gasteiger partial charge in [0.1, 0.15) is 10.8 Å². The largest absolute Gasteiger partial charge is 0.363 e. The van der Waals surface area contributed by atoms with Crippen molar-refractivity contribution in [2.24, 2.45) is 0 Å². The van der Waals surface area contributed by atoms with Gasteiger partial charge in [0.05, 0.1) is 6.54 Å². The van der Waals surface area contributed by atoms with Gasteiger partial charge >= 0.3 is 6.03 Å². The normalized spacial score (nSPS) is 10.2. The van der Waals surface area contributed by atoms with Crippen LogP contribution in [0.3, 0.4) is 0 Å². The number of amides is 2. The van der Waals surface area contributed by atoms with Gasteiger partial charge in [0.2, 0.25) is 0 Å². The van der Waals surface area contributed by atoms with Gasteiger partial charge in [-0.2, -0.15) is 0 Å². The summed E-state index contributed by atoms with van der Waals surface area (Å²) >= 11 is 1.54. The Morgan fingerprint density at radius 1 is 1.33 bits per heavy atom. The molecule has 2 rings (SSSR count). The zero-order valence-electron chi connectivity index (χ0n) is 12.4. The molecular weight excluding hydrogens is 286 g/mol. The Morgan fingerprint density at radius 2 is 2.10 bits per heavy atom. The zero-order chi connectivity index (χ0) is 15.2. The zero-order valence-corrected chi connectivity index (χ0v) is 13.2. The summed E-state index contributed by atoms with van der Waals surface area (Å²) in [6, 6.07) is 3.63. The SMILES string of the molecule is Cc1csc(CNC(=O)NCc2ccnc(N(C)C)c2)n1. The van der Waals surface area contributed by atoms with Crippen molar-refractivity contribution < 1.29 is 4.79 Å². The van der Waals surface area contributed by atoms with Gasteiger partial charge in [-0.15, -0.1) is 11.3 Å². The number of rotatable bonds is 5. The first-order valence-corrected chi connectivity index (χ1v) is 7.47. The number of nitrogens with zero attached hydrogens (tertiary/aromatic N) is 3. The monoisotopic (exact) mass is 305 g/mol. The Labute approximate surface area is 128 Å². The lowest BCUT2D eigenvalue weighted by Gasteiger charge is -2.12. The van der Waals surface area contributed by atoms with Gasteiger partial charge in [-0.1, -0.05) is 0 Å². The fraction of sp³-hybridized carbons (Fsp3) is 0.357. The van der Waals surface area contributed by atoms with Crippen LogP contribution in [0, 0.1) is 6.92 Å². The highest BCUT2D eigenvalue weighted by atomic mass is 32.1. The highest BCUT2D eigenvalue weighted by molar-refractivity contribution is 7.09. The molecule has 2 aromatic rings. The molecule has 0 radical (unpaired) electrons. The minimum absolute atomic E-state index is 0.203. The number of carbonyl (C=O) groups excluding carboxylic acids is 1. The van der Waals surface area contributed by atoms with Crippen molar-refractivity contribution in [3.8, 4) is 0 Å². The molecule has 2 aromatic heterocycles. The molecule has 2 N–H and O–H groups in total. The molecule has 0 saturated carbocycles. The van der Waals surface area contributed by atoms with E-state index in [9.17, 15) is 4.79 Å². The van der Waals surface area contributed by atoms with Crippen LogP contribution in [0.4, 0.5) is 10.6 Å². The van der Waals surface area contributed by atoms with Crippen LogP contribution in [-0.2, 0) is 13.1 Å². The molecule has 0 aliphatic heterocycles.